The standard InChI is InChI=1S/C20H18FNO5S/c1-3-26-20(24)22-12-6-4-7-13(10-12)27-19(23)18-14(11-25-2)17-15(21)8-5-9-16(17)28-18/h4-10H,3,11H2,1-2H3,(H,22,24). The fraction of sp³-hybridized carbons (Fsp3) is 0.200. The lowest BCUT2D eigenvalue weighted by atomic mass is 10.1. The molecule has 3 rings (SSSR count). The molecule has 1 aromatic heterocycles. The number of thiophene rings is 1. The van der Waals surface area contributed by atoms with E-state index in [4.69, 9.17) is 14.2 Å². The predicted molar refractivity (Wildman–Crippen MR) is 105 cm³/mol. The first-order chi connectivity index (χ1) is 13.5. The number of ether oxygens (including phenoxy) is 3. The predicted octanol–water partition coefficient (Wildman–Crippen LogP) is 4.97. The number of halogens is 1. The average Bonchev–Trinajstić information content (AvgIpc) is 3.02. The third-order valence-electron chi connectivity index (χ3n) is 3.80. The number of rotatable bonds is 6. The molecule has 0 spiro atoms. The number of fused-ring (bicyclic) bond motifs is 1. The van der Waals surface area contributed by atoms with Crippen LogP contribution in [0.3, 0.4) is 0 Å². The van der Waals surface area contributed by atoms with Gasteiger partial charge < -0.3 is 14.2 Å². The quantitative estimate of drug-likeness (QED) is 0.464. The molecule has 1 heterocycles. The van der Waals surface area contributed by atoms with Crippen molar-refractivity contribution in [3.63, 3.8) is 0 Å². The Hall–Kier alpha value is -2.97. The minimum absolute atomic E-state index is 0.0792. The van der Waals surface area contributed by atoms with Gasteiger partial charge in [0.2, 0.25) is 0 Å². The fourth-order valence-electron chi connectivity index (χ4n) is 2.69. The van der Waals surface area contributed by atoms with Crippen molar-refractivity contribution in [2.24, 2.45) is 0 Å². The fourth-order valence-corrected chi connectivity index (χ4v) is 3.79. The number of carbonyl (C=O) groups is 2. The second-order valence-electron chi connectivity index (χ2n) is 5.72. The molecule has 0 saturated carbocycles. The second-order valence-corrected chi connectivity index (χ2v) is 6.77. The van der Waals surface area contributed by atoms with Crippen LogP contribution in [0, 0.1) is 5.82 Å². The Morgan fingerprint density at radius 3 is 2.71 bits per heavy atom. The van der Waals surface area contributed by atoms with Gasteiger partial charge in [0.25, 0.3) is 0 Å². The molecule has 0 aliphatic heterocycles. The summed E-state index contributed by atoms with van der Waals surface area (Å²) >= 11 is 1.14. The highest BCUT2D eigenvalue weighted by Crippen LogP contribution is 2.34. The Bertz CT molecular complexity index is 1020. The summed E-state index contributed by atoms with van der Waals surface area (Å²) in [6, 6.07) is 11.0. The summed E-state index contributed by atoms with van der Waals surface area (Å²) in [5.74, 6) is -0.804. The molecule has 0 radical (unpaired) electrons. The van der Waals surface area contributed by atoms with E-state index < -0.39 is 17.9 Å². The van der Waals surface area contributed by atoms with Crippen molar-refractivity contribution in [2.45, 2.75) is 13.5 Å². The van der Waals surface area contributed by atoms with Gasteiger partial charge >= 0.3 is 12.1 Å². The van der Waals surface area contributed by atoms with Gasteiger partial charge in [-0.05, 0) is 31.2 Å². The van der Waals surface area contributed by atoms with E-state index >= 15 is 0 Å². The maximum absolute atomic E-state index is 14.3. The smallest absolute Gasteiger partial charge is 0.411 e. The highest BCUT2D eigenvalue weighted by atomic mass is 32.1. The molecular formula is C20H18FNO5S. The summed E-state index contributed by atoms with van der Waals surface area (Å²) in [4.78, 5) is 24.5. The van der Waals surface area contributed by atoms with Gasteiger partial charge in [-0.15, -0.1) is 11.3 Å². The van der Waals surface area contributed by atoms with Crippen molar-refractivity contribution in [1.82, 2.24) is 0 Å². The zero-order valence-electron chi connectivity index (χ0n) is 15.3. The molecule has 146 valence electrons. The number of carbonyl (C=O) groups excluding carboxylic acids is 2. The Morgan fingerprint density at radius 1 is 1.18 bits per heavy atom. The lowest BCUT2D eigenvalue weighted by molar-refractivity contribution is 0.0735. The third-order valence-corrected chi connectivity index (χ3v) is 4.98. The highest BCUT2D eigenvalue weighted by molar-refractivity contribution is 7.21. The Balaban J connectivity index is 1.86. The molecule has 0 bridgehead atoms. The number of nitrogens with one attached hydrogen (secondary N) is 1. The van der Waals surface area contributed by atoms with Crippen molar-refractivity contribution in [2.75, 3.05) is 19.0 Å². The molecule has 1 N–H and O–H groups in total. The summed E-state index contributed by atoms with van der Waals surface area (Å²) < 4.78 is 30.3. The van der Waals surface area contributed by atoms with Crippen molar-refractivity contribution in [3.05, 3.63) is 58.7 Å². The van der Waals surface area contributed by atoms with Crippen LogP contribution in [-0.2, 0) is 16.1 Å². The summed E-state index contributed by atoms with van der Waals surface area (Å²) in [6.45, 7) is 2.02. The Kier molecular flexibility index (Phi) is 6.23. The number of esters is 1. The van der Waals surface area contributed by atoms with E-state index in [1.807, 2.05) is 0 Å². The van der Waals surface area contributed by atoms with Crippen molar-refractivity contribution in [1.29, 1.82) is 0 Å². The average molecular weight is 403 g/mol. The van der Waals surface area contributed by atoms with Gasteiger partial charge in [-0.3, -0.25) is 5.32 Å². The molecule has 0 saturated heterocycles. The lowest BCUT2D eigenvalue weighted by Gasteiger charge is -2.08. The van der Waals surface area contributed by atoms with Crippen LogP contribution in [-0.4, -0.2) is 25.8 Å². The maximum Gasteiger partial charge on any atom is 0.411 e. The van der Waals surface area contributed by atoms with Crippen molar-refractivity contribution >= 4 is 39.2 Å². The molecule has 2 aromatic carbocycles. The van der Waals surface area contributed by atoms with Crippen molar-refractivity contribution in [3.8, 4) is 5.75 Å². The van der Waals surface area contributed by atoms with E-state index in [1.165, 1.54) is 19.2 Å². The van der Waals surface area contributed by atoms with E-state index in [9.17, 15) is 14.0 Å². The first-order valence-corrected chi connectivity index (χ1v) is 9.30. The van der Waals surface area contributed by atoms with Gasteiger partial charge in [0.1, 0.15) is 16.4 Å². The van der Waals surface area contributed by atoms with E-state index in [1.54, 1.807) is 37.3 Å². The molecule has 0 aliphatic carbocycles. The van der Waals surface area contributed by atoms with Crippen LogP contribution in [0.2, 0.25) is 0 Å². The molecule has 0 aliphatic rings. The van der Waals surface area contributed by atoms with E-state index in [0.717, 1.165) is 11.3 Å². The normalized spacial score (nSPS) is 10.7. The van der Waals surface area contributed by atoms with Crippen LogP contribution in [0.15, 0.2) is 42.5 Å². The van der Waals surface area contributed by atoms with E-state index in [0.29, 0.717) is 21.3 Å². The van der Waals surface area contributed by atoms with Crippen LogP contribution >= 0.6 is 11.3 Å². The summed E-state index contributed by atoms with van der Waals surface area (Å²) in [6.07, 6.45) is -0.603. The minimum Gasteiger partial charge on any atom is -0.450 e. The lowest BCUT2D eigenvalue weighted by Crippen LogP contribution is -2.13. The van der Waals surface area contributed by atoms with Gasteiger partial charge in [-0.1, -0.05) is 12.1 Å². The molecule has 1 amide bonds. The van der Waals surface area contributed by atoms with Crippen LogP contribution < -0.4 is 10.1 Å². The number of benzene rings is 2. The molecular weight excluding hydrogens is 385 g/mol. The SMILES string of the molecule is CCOC(=O)Nc1cccc(OC(=O)c2sc3cccc(F)c3c2COC)c1. The van der Waals surface area contributed by atoms with Gasteiger partial charge in [0, 0.05) is 34.5 Å². The molecule has 0 atom stereocenters. The first-order valence-electron chi connectivity index (χ1n) is 8.48. The third kappa shape index (κ3) is 4.29. The number of hydrogen-bond acceptors (Lipinski definition) is 6. The summed E-state index contributed by atoms with van der Waals surface area (Å²) in [5.41, 5.74) is 0.870. The summed E-state index contributed by atoms with van der Waals surface area (Å²) in [5, 5.41) is 2.90. The second kappa shape index (κ2) is 8.81. The monoisotopic (exact) mass is 403 g/mol. The molecule has 8 heteroatoms. The maximum atomic E-state index is 14.3. The number of hydrogen-bond donors (Lipinski definition) is 1. The van der Waals surface area contributed by atoms with Crippen LogP contribution in [0.5, 0.6) is 5.75 Å². The van der Waals surface area contributed by atoms with Gasteiger partial charge in [-0.25, -0.2) is 14.0 Å². The van der Waals surface area contributed by atoms with E-state index in [2.05, 4.69) is 5.32 Å². The largest absolute Gasteiger partial charge is 0.450 e. The summed E-state index contributed by atoms with van der Waals surface area (Å²) in [7, 11) is 1.48. The van der Waals surface area contributed by atoms with Crippen LogP contribution in [0.4, 0.5) is 14.9 Å². The van der Waals surface area contributed by atoms with E-state index in [-0.39, 0.29) is 23.8 Å². The number of amides is 1. The van der Waals surface area contributed by atoms with Gasteiger partial charge in [0.15, 0.2) is 0 Å². The number of methoxy groups -OCH3 is 1. The topological polar surface area (TPSA) is 73.9 Å². The minimum atomic E-state index is -0.624. The van der Waals surface area contributed by atoms with Gasteiger partial charge in [-0.2, -0.15) is 0 Å². The Morgan fingerprint density at radius 2 is 1.96 bits per heavy atom. The molecule has 28 heavy (non-hydrogen) atoms. The van der Waals surface area contributed by atoms with Crippen LogP contribution in [0.1, 0.15) is 22.2 Å². The molecule has 0 fully saturated rings. The zero-order valence-corrected chi connectivity index (χ0v) is 16.1. The Labute approximate surface area is 164 Å². The van der Waals surface area contributed by atoms with Crippen molar-refractivity contribution < 1.29 is 28.2 Å². The van der Waals surface area contributed by atoms with Gasteiger partial charge in [0.05, 0.1) is 13.2 Å². The zero-order chi connectivity index (χ0) is 20.1. The molecule has 0 unspecified atom stereocenters. The van der Waals surface area contributed by atoms with Crippen LogP contribution in [0.25, 0.3) is 10.1 Å². The first kappa shape index (κ1) is 19.8. The highest BCUT2D eigenvalue weighted by Gasteiger charge is 2.22. The molecule has 3 aromatic rings. The number of anilines is 1. The molecule has 6 nitrogen and oxygen atoms in total.